The van der Waals surface area contributed by atoms with Gasteiger partial charge in [0.2, 0.25) is 0 Å². The summed E-state index contributed by atoms with van der Waals surface area (Å²) in [7, 11) is 3.08. The Kier molecular flexibility index (Phi) is 4.91. The van der Waals surface area contributed by atoms with Gasteiger partial charge in [0.15, 0.2) is 17.2 Å². The molecule has 0 amide bonds. The number of aromatic nitrogens is 1. The van der Waals surface area contributed by atoms with Crippen molar-refractivity contribution in [3.8, 4) is 34.6 Å². The molecule has 0 radical (unpaired) electrons. The highest BCUT2D eigenvalue weighted by molar-refractivity contribution is 5.80. The highest BCUT2D eigenvalue weighted by atomic mass is 16.5. The second kappa shape index (κ2) is 7.16. The van der Waals surface area contributed by atoms with E-state index in [9.17, 15) is 14.9 Å². The molecule has 0 aliphatic carbocycles. The normalized spacial score (nSPS) is 11.8. The highest BCUT2D eigenvalue weighted by Crippen LogP contribution is 2.41. The van der Waals surface area contributed by atoms with E-state index in [0.717, 1.165) is 5.56 Å². The first-order chi connectivity index (χ1) is 13.0. The van der Waals surface area contributed by atoms with Crippen LogP contribution < -0.4 is 19.8 Å². The van der Waals surface area contributed by atoms with Crippen LogP contribution in [0.25, 0.3) is 11.3 Å². The second-order valence-corrected chi connectivity index (χ2v) is 6.16. The second-order valence-electron chi connectivity index (χ2n) is 6.16. The fourth-order valence-electron chi connectivity index (χ4n) is 3.50. The van der Waals surface area contributed by atoms with E-state index in [1.54, 1.807) is 24.7 Å². The molecule has 0 fully saturated rings. The third-order valence-corrected chi connectivity index (χ3v) is 4.69. The van der Waals surface area contributed by atoms with Gasteiger partial charge in [-0.15, -0.1) is 0 Å². The predicted octanol–water partition coefficient (Wildman–Crippen LogP) is 2.45. The number of nitriles is 1. The molecule has 0 atom stereocenters. The molecule has 140 valence electrons. The summed E-state index contributed by atoms with van der Waals surface area (Å²) in [5.74, 6) is 0.547. The molecule has 0 saturated carbocycles. The van der Waals surface area contributed by atoms with E-state index < -0.39 is 5.97 Å². The molecule has 1 aliphatic heterocycles. The number of carbonyl (C=O) groups is 1. The van der Waals surface area contributed by atoms with E-state index in [1.807, 2.05) is 6.07 Å². The molecule has 2 aromatic rings. The van der Waals surface area contributed by atoms with Crippen LogP contribution in [-0.4, -0.2) is 24.8 Å². The quantitative estimate of drug-likeness (QED) is 0.770. The van der Waals surface area contributed by atoms with E-state index in [1.165, 1.54) is 14.0 Å². The summed E-state index contributed by atoms with van der Waals surface area (Å²) >= 11 is 0. The van der Waals surface area contributed by atoms with Crippen molar-refractivity contribution in [3.63, 3.8) is 0 Å². The summed E-state index contributed by atoms with van der Waals surface area (Å²) in [6.07, 6.45) is 0.971. The van der Waals surface area contributed by atoms with Gasteiger partial charge >= 0.3 is 5.97 Å². The molecule has 1 aliphatic rings. The van der Waals surface area contributed by atoms with E-state index in [2.05, 4.69) is 6.07 Å². The molecular weight excluding hydrogens is 348 g/mol. The monoisotopic (exact) mass is 368 g/mol. The maximum absolute atomic E-state index is 13.0. The molecule has 0 spiro atoms. The first-order valence-electron chi connectivity index (χ1n) is 8.60. The van der Waals surface area contributed by atoms with Gasteiger partial charge in [0, 0.05) is 19.0 Å². The largest absolute Gasteiger partial charge is 0.493 e. The molecule has 0 saturated heterocycles. The van der Waals surface area contributed by atoms with Gasteiger partial charge < -0.3 is 18.8 Å². The van der Waals surface area contributed by atoms with Crippen LogP contribution in [-0.2, 0) is 24.2 Å². The molecule has 1 aromatic carbocycles. The topological polar surface area (TPSA) is 90.6 Å². The summed E-state index contributed by atoms with van der Waals surface area (Å²) in [5.41, 5.74) is 2.33. The molecule has 27 heavy (non-hydrogen) atoms. The van der Waals surface area contributed by atoms with Crippen molar-refractivity contribution in [2.24, 2.45) is 0 Å². The fourth-order valence-corrected chi connectivity index (χ4v) is 3.50. The van der Waals surface area contributed by atoms with Crippen LogP contribution in [0, 0.1) is 11.3 Å². The van der Waals surface area contributed by atoms with Gasteiger partial charge in [0.25, 0.3) is 5.56 Å². The van der Waals surface area contributed by atoms with Crippen molar-refractivity contribution in [2.45, 2.75) is 33.2 Å². The lowest BCUT2D eigenvalue weighted by Gasteiger charge is -2.26. The lowest BCUT2D eigenvalue weighted by molar-refractivity contribution is -0.131. The molecule has 1 aromatic heterocycles. The van der Waals surface area contributed by atoms with Gasteiger partial charge in [0.1, 0.15) is 11.6 Å². The van der Waals surface area contributed by atoms with E-state index >= 15 is 0 Å². The Bertz CT molecular complexity index is 1030. The Hall–Kier alpha value is -3.27. The molecular formula is C20H20N2O5. The van der Waals surface area contributed by atoms with E-state index in [0.29, 0.717) is 47.7 Å². The molecule has 3 rings (SSSR count). The number of carbonyl (C=O) groups excluding carboxylic acids is 1. The van der Waals surface area contributed by atoms with Crippen LogP contribution in [0.2, 0.25) is 0 Å². The number of rotatable bonds is 4. The van der Waals surface area contributed by atoms with Crippen LogP contribution in [0.15, 0.2) is 16.9 Å². The first kappa shape index (κ1) is 18.5. The van der Waals surface area contributed by atoms with Gasteiger partial charge in [-0.3, -0.25) is 9.59 Å². The van der Waals surface area contributed by atoms with Crippen molar-refractivity contribution in [3.05, 3.63) is 39.2 Å². The average molecular weight is 368 g/mol. The molecule has 2 heterocycles. The van der Waals surface area contributed by atoms with Crippen molar-refractivity contribution in [1.82, 2.24) is 4.57 Å². The zero-order valence-electron chi connectivity index (χ0n) is 15.7. The third kappa shape index (κ3) is 2.93. The van der Waals surface area contributed by atoms with Gasteiger partial charge in [-0.05, 0) is 30.5 Å². The zero-order valence-corrected chi connectivity index (χ0v) is 15.7. The number of hydrogen-bond acceptors (Lipinski definition) is 6. The number of methoxy groups -OCH3 is 2. The molecule has 7 heteroatoms. The minimum absolute atomic E-state index is 0.0476. The minimum atomic E-state index is -0.575. The lowest BCUT2D eigenvalue weighted by Crippen LogP contribution is -2.31. The van der Waals surface area contributed by atoms with Crippen LogP contribution in [0.1, 0.15) is 30.5 Å². The number of nitrogens with zero attached hydrogens (tertiary/aromatic N) is 2. The van der Waals surface area contributed by atoms with E-state index in [-0.39, 0.29) is 16.9 Å². The Morgan fingerprint density at radius 3 is 2.48 bits per heavy atom. The van der Waals surface area contributed by atoms with Gasteiger partial charge in [-0.2, -0.15) is 5.26 Å². The average Bonchev–Trinajstić information content (AvgIpc) is 2.66. The Morgan fingerprint density at radius 1 is 1.26 bits per heavy atom. The third-order valence-electron chi connectivity index (χ3n) is 4.69. The number of esters is 1. The molecule has 7 nitrogen and oxygen atoms in total. The summed E-state index contributed by atoms with van der Waals surface area (Å²) in [6, 6.07) is 5.73. The lowest BCUT2D eigenvalue weighted by atomic mass is 9.92. The van der Waals surface area contributed by atoms with Crippen LogP contribution in [0.3, 0.4) is 0 Å². The smallest absolute Gasteiger partial charge is 0.308 e. The van der Waals surface area contributed by atoms with Crippen molar-refractivity contribution >= 4 is 5.97 Å². The Morgan fingerprint density at radius 2 is 1.93 bits per heavy atom. The van der Waals surface area contributed by atoms with Crippen molar-refractivity contribution in [2.75, 3.05) is 14.2 Å². The highest BCUT2D eigenvalue weighted by Gasteiger charge is 2.29. The number of benzene rings is 1. The Balaban J connectivity index is 2.41. The predicted molar refractivity (Wildman–Crippen MR) is 98.3 cm³/mol. The fraction of sp³-hybridized carbons (Fsp3) is 0.350. The molecule has 0 bridgehead atoms. The summed E-state index contributed by atoms with van der Waals surface area (Å²) in [6.45, 7) is 3.47. The minimum Gasteiger partial charge on any atom is -0.493 e. The van der Waals surface area contributed by atoms with Crippen molar-refractivity contribution < 1.29 is 19.0 Å². The van der Waals surface area contributed by atoms with Crippen LogP contribution in [0.4, 0.5) is 0 Å². The van der Waals surface area contributed by atoms with Gasteiger partial charge in [-0.25, -0.2) is 0 Å². The standard InChI is InChI=1S/C20H20N2O5/c1-5-13-19(27-11(2)23)15(10-21)18-14-9-17(26-4)16(25-3)8-12(14)6-7-22(18)20(13)24/h8-9H,5-7H2,1-4H3. The summed E-state index contributed by atoms with van der Waals surface area (Å²) in [5, 5.41) is 9.84. The molecule has 0 N–H and O–H groups in total. The first-order valence-corrected chi connectivity index (χ1v) is 8.60. The van der Waals surface area contributed by atoms with Crippen LogP contribution in [0.5, 0.6) is 17.2 Å². The summed E-state index contributed by atoms with van der Waals surface area (Å²) in [4.78, 5) is 24.6. The molecule has 0 unspecified atom stereocenters. The Labute approximate surface area is 156 Å². The maximum atomic E-state index is 13.0. The van der Waals surface area contributed by atoms with E-state index in [4.69, 9.17) is 14.2 Å². The SMILES string of the molecule is CCc1c(OC(C)=O)c(C#N)c2n(c1=O)CCc1cc(OC)c(OC)cc1-2. The number of ether oxygens (including phenoxy) is 3. The number of pyridine rings is 1. The maximum Gasteiger partial charge on any atom is 0.308 e. The van der Waals surface area contributed by atoms with Crippen molar-refractivity contribution in [1.29, 1.82) is 5.26 Å². The number of fused-ring (bicyclic) bond motifs is 3. The number of hydrogen-bond donors (Lipinski definition) is 0. The summed E-state index contributed by atoms with van der Waals surface area (Å²) < 4.78 is 17.6. The zero-order chi connectivity index (χ0) is 19.7. The van der Waals surface area contributed by atoms with Gasteiger partial charge in [0.05, 0.1) is 25.5 Å². The van der Waals surface area contributed by atoms with Gasteiger partial charge in [-0.1, -0.05) is 6.92 Å². The number of aryl methyl sites for hydroxylation is 1. The van der Waals surface area contributed by atoms with Crippen LogP contribution >= 0.6 is 0 Å².